The van der Waals surface area contributed by atoms with Gasteiger partial charge in [-0.2, -0.15) is 9.61 Å². The maximum atomic E-state index is 13.6. The van der Waals surface area contributed by atoms with Crippen molar-refractivity contribution in [3.8, 4) is 0 Å². The first kappa shape index (κ1) is 28.5. The zero-order chi connectivity index (χ0) is 28.1. The van der Waals surface area contributed by atoms with Crippen LogP contribution in [0.2, 0.25) is 5.02 Å². The second-order valence-corrected chi connectivity index (χ2v) is 10.8. The molecule has 0 unspecified atom stereocenters. The van der Waals surface area contributed by atoms with Crippen LogP contribution in [0.15, 0.2) is 59.4 Å². The fourth-order valence-electron chi connectivity index (χ4n) is 4.68. The predicted molar refractivity (Wildman–Crippen MR) is 156 cm³/mol. The standard InChI is InChI=1S/C30H37ClN6O2/c1-21-12-15-25(16-13-21)29(38)35(19-9-18-34(4)5)22(2)14-17-26-32-28-27(31)23(3)33-37(28)30(39)36(26)20-24-10-7-6-8-11-24/h6-8,10-13,15-16,22H,9,14,17-20H2,1-5H3/t22-/m0/s1. The van der Waals surface area contributed by atoms with Crippen LogP contribution in [0.3, 0.4) is 0 Å². The van der Waals surface area contributed by atoms with Crippen LogP contribution in [0.25, 0.3) is 5.65 Å². The summed E-state index contributed by atoms with van der Waals surface area (Å²) in [6, 6.07) is 17.5. The molecule has 0 N–H and O–H groups in total. The van der Waals surface area contributed by atoms with E-state index in [1.807, 2.05) is 80.5 Å². The number of amides is 1. The Morgan fingerprint density at radius 2 is 1.72 bits per heavy atom. The van der Waals surface area contributed by atoms with E-state index in [0.29, 0.717) is 53.7 Å². The van der Waals surface area contributed by atoms with Gasteiger partial charge in [0.25, 0.3) is 5.91 Å². The molecule has 4 rings (SSSR count). The Balaban J connectivity index is 1.63. The monoisotopic (exact) mass is 548 g/mol. The molecule has 0 fully saturated rings. The molecule has 0 saturated heterocycles. The fourth-order valence-corrected chi connectivity index (χ4v) is 4.84. The summed E-state index contributed by atoms with van der Waals surface area (Å²) in [7, 11) is 4.07. The van der Waals surface area contributed by atoms with E-state index in [4.69, 9.17) is 16.6 Å². The number of hydrogen-bond acceptors (Lipinski definition) is 5. The van der Waals surface area contributed by atoms with E-state index in [-0.39, 0.29) is 17.6 Å². The van der Waals surface area contributed by atoms with Crippen molar-refractivity contribution in [2.45, 2.75) is 52.6 Å². The van der Waals surface area contributed by atoms with Crippen molar-refractivity contribution in [1.29, 1.82) is 0 Å². The Labute approximate surface area is 234 Å². The van der Waals surface area contributed by atoms with Crippen LogP contribution >= 0.6 is 11.6 Å². The van der Waals surface area contributed by atoms with Gasteiger partial charge in [-0.05, 0) is 71.9 Å². The van der Waals surface area contributed by atoms with Crippen LogP contribution in [-0.2, 0) is 13.0 Å². The molecular formula is C30H37ClN6O2. The van der Waals surface area contributed by atoms with Gasteiger partial charge in [-0.1, -0.05) is 59.6 Å². The summed E-state index contributed by atoms with van der Waals surface area (Å²) < 4.78 is 2.94. The van der Waals surface area contributed by atoms with E-state index in [9.17, 15) is 9.59 Å². The van der Waals surface area contributed by atoms with E-state index in [1.165, 1.54) is 4.52 Å². The average molecular weight is 549 g/mol. The minimum absolute atomic E-state index is 0.0146. The van der Waals surface area contributed by atoms with Gasteiger partial charge in [0, 0.05) is 24.6 Å². The lowest BCUT2D eigenvalue weighted by Gasteiger charge is -2.30. The van der Waals surface area contributed by atoms with E-state index in [1.54, 1.807) is 11.5 Å². The first-order valence-electron chi connectivity index (χ1n) is 13.4. The molecule has 0 saturated carbocycles. The average Bonchev–Trinajstić information content (AvgIpc) is 3.21. The number of carbonyl (C=O) groups is 1. The summed E-state index contributed by atoms with van der Waals surface area (Å²) in [5.74, 6) is 0.641. The maximum absolute atomic E-state index is 13.6. The Bertz CT molecular complexity index is 1480. The number of fused-ring (bicyclic) bond motifs is 1. The second-order valence-electron chi connectivity index (χ2n) is 10.4. The van der Waals surface area contributed by atoms with Gasteiger partial charge in [0.15, 0.2) is 5.65 Å². The van der Waals surface area contributed by atoms with Crippen LogP contribution in [0, 0.1) is 13.8 Å². The van der Waals surface area contributed by atoms with Crippen LogP contribution in [0.4, 0.5) is 0 Å². The highest BCUT2D eigenvalue weighted by Crippen LogP contribution is 2.20. The van der Waals surface area contributed by atoms with Gasteiger partial charge in [0.1, 0.15) is 10.8 Å². The number of aromatic nitrogens is 4. The SMILES string of the molecule is Cc1ccc(C(=O)N(CCCN(C)C)[C@@H](C)CCc2nc3c(Cl)c(C)nn3c(=O)n2Cc2ccccc2)cc1. The molecule has 206 valence electrons. The molecular weight excluding hydrogens is 512 g/mol. The van der Waals surface area contributed by atoms with Crippen molar-refractivity contribution in [2.75, 3.05) is 27.2 Å². The molecule has 1 atom stereocenters. The molecule has 0 aliphatic carbocycles. The number of nitrogens with zero attached hydrogens (tertiary/aromatic N) is 6. The van der Waals surface area contributed by atoms with Gasteiger partial charge in [-0.25, -0.2) is 9.78 Å². The molecule has 2 aromatic carbocycles. The minimum Gasteiger partial charge on any atom is -0.336 e. The van der Waals surface area contributed by atoms with Gasteiger partial charge in [-0.15, -0.1) is 0 Å². The molecule has 0 radical (unpaired) electrons. The zero-order valence-corrected chi connectivity index (χ0v) is 24.1. The van der Waals surface area contributed by atoms with Crippen molar-refractivity contribution < 1.29 is 4.79 Å². The number of rotatable bonds is 11. The smallest absolute Gasteiger partial charge is 0.336 e. The lowest BCUT2D eigenvalue weighted by Crippen LogP contribution is -2.41. The number of hydrogen-bond donors (Lipinski definition) is 0. The van der Waals surface area contributed by atoms with Crippen molar-refractivity contribution in [1.82, 2.24) is 29.0 Å². The first-order chi connectivity index (χ1) is 18.7. The van der Waals surface area contributed by atoms with Crippen LogP contribution in [0.1, 0.15) is 52.8 Å². The molecule has 2 heterocycles. The fraction of sp³-hybridized carbons (Fsp3) is 0.400. The van der Waals surface area contributed by atoms with Crippen molar-refractivity contribution in [3.63, 3.8) is 0 Å². The van der Waals surface area contributed by atoms with Gasteiger partial charge in [0.05, 0.1) is 12.2 Å². The first-order valence-corrected chi connectivity index (χ1v) is 13.7. The summed E-state index contributed by atoms with van der Waals surface area (Å²) in [6.07, 6.45) is 2.01. The lowest BCUT2D eigenvalue weighted by molar-refractivity contribution is 0.0676. The summed E-state index contributed by atoms with van der Waals surface area (Å²) in [5.41, 5.74) is 3.44. The number of halogens is 1. The topological polar surface area (TPSA) is 75.7 Å². The Morgan fingerprint density at radius 1 is 1.03 bits per heavy atom. The quantitative estimate of drug-likeness (QED) is 0.273. The van der Waals surface area contributed by atoms with Gasteiger partial charge < -0.3 is 9.80 Å². The third kappa shape index (κ3) is 6.75. The third-order valence-corrected chi connectivity index (χ3v) is 7.43. The Hall–Kier alpha value is -3.49. The molecule has 0 aliphatic heterocycles. The van der Waals surface area contributed by atoms with Crippen LogP contribution in [-0.4, -0.2) is 68.1 Å². The van der Waals surface area contributed by atoms with Gasteiger partial charge in [-0.3, -0.25) is 9.36 Å². The number of benzene rings is 2. The van der Waals surface area contributed by atoms with E-state index < -0.39 is 0 Å². The lowest BCUT2D eigenvalue weighted by atomic mass is 10.1. The summed E-state index contributed by atoms with van der Waals surface area (Å²) in [5, 5.41) is 4.70. The highest BCUT2D eigenvalue weighted by atomic mass is 35.5. The summed E-state index contributed by atoms with van der Waals surface area (Å²) >= 11 is 6.46. The molecule has 1 amide bonds. The van der Waals surface area contributed by atoms with Crippen molar-refractivity contribution in [3.05, 3.63) is 98.3 Å². The number of aryl methyl sites for hydroxylation is 3. The van der Waals surface area contributed by atoms with E-state index in [2.05, 4.69) is 16.9 Å². The van der Waals surface area contributed by atoms with Crippen molar-refractivity contribution >= 4 is 23.2 Å². The Kier molecular flexibility index (Phi) is 9.20. The third-order valence-electron chi connectivity index (χ3n) is 6.99. The molecule has 9 heteroatoms. The summed E-state index contributed by atoms with van der Waals surface area (Å²) in [6.45, 7) is 7.75. The van der Waals surface area contributed by atoms with Gasteiger partial charge >= 0.3 is 5.69 Å². The molecule has 39 heavy (non-hydrogen) atoms. The van der Waals surface area contributed by atoms with Crippen LogP contribution in [0.5, 0.6) is 0 Å². The van der Waals surface area contributed by atoms with E-state index >= 15 is 0 Å². The maximum Gasteiger partial charge on any atom is 0.352 e. The Morgan fingerprint density at radius 3 is 2.38 bits per heavy atom. The highest BCUT2D eigenvalue weighted by Gasteiger charge is 2.23. The highest BCUT2D eigenvalue weighted by molar-refractivity contribution is 6.34. The molecule has 4 aromatic rings. The second kappa shape index (κ2) is 12.6. The summed E-state index contributed by atoms with van der Waals surface area (Å²) in [4.78, 5) is 36.0. The molecule has 0 spiro atoms. The van der Waals surface area contributed by atoms with Gasteiger partial charge in [0.2, 0.25) is 0 Å². The largest absolute Gasteiger partial charge is 0.352 e. The number of carbonyl (C=O) groups excluding carboxylic acids is 1. The minimum atomic E-state index is -0.278. The molecule has 2 aromatic heterocycles. The van der Waals surface area contributed by atoms with E-state index in [0.717, 1.165) is 24.1 Å². The predicted octanol–water partition coefficient (Wildman–Crippen LogP) is 4.62. The zero-order valence-electron chi connectivity index (χ0n) is 23.4. The molecule has 8 nitrogen and oxygen atoms in total. The molecule has 0 aliphatic rings. The molecule has 0 bridgehead atoms. The normalized spacial score (nSPS) is 12.3. The van der Waals surface area contributed by atoms with Crippen molar-refractivity contribution in [2.24, 2.45) is 0 Å². The van der Waals surface area contributed by atoms with Crippen LogP contribution < -0.4 is 5.69 Å².